The first-order valence-corrected chi connectivity index (χ1v) is 7.37. The van der Waals surface area contributed by atoms with Crippen LogP contribution in [0.2, 0.25) is 0 Å². The van der Waals surface area contributed by atoms with Gasteiger partial charge in [-0.1, -0.05) is 38.2 Å². The molecule has 84 valence electrons. The van der Waals surface area contributed by atoms with E-state index in [1.165, 1.54) is 49.8 Å². The second kappa shape index (κ2) is 5.91. The number of halogens is 1. The van der Waals surface area contributed by atoms with Gasteiger partial charge in [0.15, 0.2) is 0 Å². The molecule has 0 aromatic carbocycles. The van der Waals surface area contributed by atoms with Crippen molar-refractivity contribution in [2.75, 3.05) is 0 Å². The number of alkyl halides is 1. The van der Waals surface area contributed by atoms with Crippen LogP contribution in [0.15, 0.2) is 17.5 Å². The third-order valence-electron chi connectivity index (χ3n) is 3.38. The van der Waals surface area contributed by atoms with Gasteiger partial charge in [0.2, 0.25) is 0 Å². The summed E-state index contributed by atoms with van der Waals surface area (Å²) in [7, 11) is 0. The lowest BCUT2D eigenvalue weighted by Gasteiger charge is -2.23. The minimum Gasteiger partial charge on any atom is -0.147 e. The van der Waals surface area contributed by atoms with Gasteiger partial charge < -0.3 is 0 Å². The molecule has 0 aliphatic heterocycles. The molecule has 0 nitrogen and oxygen atoms in total. The van der Waals surface area contributed by atoms with Crippen LogP contribution < -0.4 is 0 Å². The van der Waals surface area contributed by atoms with Crippen molar-refractivity contribution in [1.29, 1.82) is 0 Å². The van der Waals surface area contributed by atoms with E-state index in [0.29, 0.717) is 5.92 Å². The van der Waals surface area contributed by atoms with E-state index in [9.17, 15) is 0 Å². The average molecular weight is 243 g/mol. The van der Waals surface area contributed by atoms with Crippen LogP contribution in [0.1, 0.15) is 55.2 Å². The molecule has 0 spiro atoms. The van der Waals surface area contributed by atoms with Crippen molar-refractivity contribution >= 4 is 22.9 Å². The molecule has 0 radical (unpaired) electrons. The maximum absolute atomic E-state index is 6.56. The van der Waals surface area contributed by atoms with Crippen LogP contribution in [0.25, 0.3) is 0 Å². The smallest absolute Gasteiger partial charge is 0.0706 e. The minimum atomic E-state index is 0.267. The summed E-state index contributed by atoms with van der Waals surface area (Å²) in [5.74, 6) is 0.714. The molecule has 2 rings (SSSR count). The standard InChI is InChI=1S/C13H19ClS/c14-13(12-9-6-10-15-12)11-7-4-2-1-3-5-8-11/h6,9-11,13H,1-5,7-8H2. The molecule has 0 bridgehead atoms. The monoisotopic (exact) mass is 242 g/mol. The van der Waals surface area contributed by atoms with Gasteiger partial charge in [-0.3, -0.25) is 0 Å². The summed E-state index contributed by atoms with van der Waals surface area (Å²) in [6.07, 6.45) is 9.64. The van der Waals surface area contributed by atoms with Crippen molar-refractivity contribution in [2.24, 2.45) is 5.92 Å². The lowest BCUT2D eigenvalue weighted by Crippen LogP contribution is -2.09. The summed E-state index contributed by atoms with van der Waals surface area (Å²) in [6.45, 7) is 0. The van der Waals surface area contributed by atoms with Crippen molar-refractivity contribution in [2.45, 2.75) is 50.3 Å². The Hall–Kier alpha value is -0.0100. The highest BCUT2D eigenvalue weighted by atomic mass is 35.5. The lowest BCUT2D eigenvalue weighted by atomic mass is 9.88. The van der Waals surface area contributed by atoms with Crippen LogP contribution in [0.5, 0.6) is 0 Å². The Balaban J connectivity index is 1.95. The molecule has 15 heavy (non-hydrogen) atoms. The Kier molecular flexibility index (Phi) is 4.52. The third kappa shape index (κ3) is 3.22. The van der Waals surface area contributed by atoms with Gasteiger partial charge >= 0.3 is 0 Å². The van der Waals surface area contributed by atoms with Gasteiger partial charge in [-0.2, -0.15) is 0 Å². The number of thiophene rings is 1. The lowest BCUT2D eigenvalue weighted by molar-refractivity contribution is 0.370. The van der Waals surface area contributed by atoms with E-state index in [0.717, 1.165) is 0 Å². The largest absolute Gasteiger partial charge is 0.147 e. The number of hydrogen-bond acceptors (Lipinski definition) is 1. The summed E-state index contributed by atoms with van der Waals surface area (Å²) in [4.78, 5) is 1.36. The van der Waals surface area contributed by atoms with E-state index in [-0.39, 0.29) is 5.38 Å². The molecular formula is C13H19ClS. The zero-order valence-electron chi connectivity index (χ0n) is 9.12. The zero-order chi connectivity index (χ0) is 10.5. The van der Waals surface area contributed by atoms with Gasteiger partial charge in [-0.15, -0.1) is 22.9 Å². The van der Waals surface area contributed by atoms with Gasteiger partial charge in [-0.05, 0) is 30.2 Å². The molecule has 0 saturated heterocycles. The van der Waals surface area contributed by atoms with Crippen molar-refractivity contribution in [3.05, 3.63) is 22.4 Å². The quantitative estimate of drug-likeness (QED) is 0.610. The molecule has 2 heteroatoms. The molecule has 1 saturated carbocycles. The van der Waals surface area contributed by atoms with Crippen molar-refractivity contribution in [3.63, 3.8) is 0 Å². The summed E-state index contributed by atoms with van der Waals surface area (Å²) < 4.78 is 0. The summed E-state index contributed by atoms with van der Waals surface area (Å²) in [6, 6.07) is 4.29. The fourth-order valence-corrected chi connectivity index (χ4v) is 3.73. The van der Waals surface area contributed by atoms with Gasteiger partial charge in [-0.25, -0.2) is 0 Å². The Labute approximate surface area is 102 Å². The normalized spacial score (nSPS) is 21.9. The van der Waals surface area contributed by atoms with E-state index in [4.69, 9.17) is 11.6 Å². The second-order valence-electron chi connectivity index (χ2n) is 4.52. The molecule has 1 aromatic heterocycles. The maximum Gasteiger partial charge on any atom is 0.0706 e. The van der Waals surface area contributed by atoms with Crippen LogP contribution in [-0.4, -0.2) is 0 Å². The number of rotatable bonds is 2. The summed E-state index contributed by atoms with van der Waals surface area (Å²) in [5.41, 5.74) is 0. The predicted octanol–water partition coefficient (Wildman–Crippen LogP) is 5.39. The first kappa shape index (κ1) is 11.5. The molecule has 1 atom stereocenters. The highest BCUT2D eigenvalue weighted by molar-refractivity contribution is 7.10. The molecule has 0 N–H and O–H groups in total. The van der Waals surface area contributed by atoms with Gasteiger partial charge in [0.1, 0.15) is 0 Å². The molecule has 1 unspecified atom stereocenters. The highest BCUT2D eigenvalue weighted by Crippen LogP contribution is 2.38. The van der Waals surface area contributed by atoms with E-state index in [1.54, 1.807) is 11.3 Å². The van der Waals surface area contributed by atoms with E-state index in [1.807, 2.05) is 0 Å². The van der Waals surface area contributed by atoms with Crippen LogP contribution in [0.4, 0.5) is 0 Å². The van der Waals surface area contributed by atoms with Crippen LogP contribution >= 0.6 is 22.9 Å². The van der Waals surface area contributed by atoms with Gasteiger partial charge in [0, 0.05) is 4.88 Å². The maximum atomic E-state index is 6.56. The Morgan fingerprint density at radius 3 is 2.40 bits per heavy atom. The Bertz CT molecular complexity index is 260. The number of hydrogen-bond donors (Lipinski definition) is 0. The minimum absolute atomic E-state index is 0.267. The second-order valence-corrected chi connectivity index (χ2v) is 5.97. The molecule has 0 amide bonds. The first-order chi connectivity index (χ1) is 7.38. The Morgan fingerprint density at radius 2 is 1.80 bits per heavy atom. The molecule has 1 heterocycles. The molecule has 1 fully saturated rings. The van der Waals surface area contributed by atoms with Gasteiger partial charge in [0.05, 0.1) is 5.38 Å². The third-order valence-corrected chi connectivity index (χ3v) is 5.05. The highest BCUT2D eigenvalue weighted by Gasteiger charge is 2.22. The molecular weight excluding hydrogens is 224 g/mol. The van der Waals surface area contributed by atoms with Crippen LogP contribution in [-0.2, 0) is 0 Å². The Morgan fingerprint density at radius 1 is 1.13 bits per heavy atom. The first-order valence-electron chi connectivity index (χ1n) is 6.05. The van der Waals surface area contributed by atoms with E-state index >= 15 is 0 Å². The van der Waals surface area contributed by atoms with Crippen molar-refractivity contribution in [3.8, 4) is 0 Å². The predicted molar refractivity (Wildman–Crippen MR) is 68.7 cm³/mol. The summed E-state index contributed by atoms with van der Waals surface area (Å²) >= 11 is 8.37. The van der Waals surface area contributed by atoms with Crippen molar-refractivity contribution < 1.29 is 0 Å². The fourth-order valence-electron chi connectivity index (χ4n) is 2.46. The summed E-state index contributed by atoms with van der Waals surface area (Å²) in [5, 5.41) is 2.40. The molecule has 1 aliphatic carbocycles. The average Bonchev–Trinajstić information content (AvgIpc) is 2.68. The molecule has 1 aliphatic rings. The fraction of sp³-hybridized carbons (Fsp3) is 0.692. The van der Waals surface area contributed by atoms with E-state index < -0.39 is 0 Å². The SMILES string of the molecule is ClC(c1cccs1)C1CCCCCCC1. The van der Waals surface area contributed by atoms with Crippen LogP contribution in [0, 0.1) is 5.92 Å². The molecule has 1 aromatic rings. The topological polar surface area (TPSA) is 0 Å². The van der Waals surface area contributed by atoms with Gasteiger partial charge in [0.25, 0.3) is 0 Å². The zero-order valence-corrected chi connectivity index (χ0v) is 10.7. The van der Waals surface area contributed by atoms with Crippen molar-refractivity contribution in [1.82, 2.24) is 0 Å². The van der Waals surface area contributed by atoms with Crippen LogP contribution in [0.3, 0.4) is 0 Å². The van der Waals surface area contributed by atoms with E-state index in [2.05, 4.69) is 17.5 Å².